The third-order valence-corrected chi connectivity index (χ3v) is 2.15. The van der Waals surface area contributed by atoms with Crippen molar-refractivity contribution in [1.82, 2.24) is 9.97 Å². The third kappa shape index (κ3) is 0.998. The highest BCUT2D eigenvalue weighted by atomic mass is 14.7. The van der Waals surface area contributed by atoms with E-state index >= 15 is 0 Å². The van der Waals surface area contributed by atoms with E-state index in [2.05, 4.69) is 35.9 Å². The summed E-state index contributed by atoms with van der Waals surface area (Å²) >= 11 is 0. The van der Waals surface area contributed by atoms with Crippen LogP contribution < -0.4 is 0 Å². The average molecular weight is 160 g/mol. The van der Waals surface area contributed by atoms with E-state index in [9.17, 15) is 0 Å². The molecule has 2 aromatic heterocycles. The number of nitrogens with one attached hydrogen (secondary N) is 1. The maximum atomic E-state index is 4.47. The number of fused-ring (bicyclic) bond motifs is 1. The molecule has 0 spiro atoms. The van der Waals surface area contributed by atoms with Gasteiger partial charge in [0, 0.05) is 28.5 Å². The second-order valence-corrected chi connectivity index (χ2v) is 2.99. The fourth-order valence-electron chi connectivity index (χ4n) is 1.47. The van der Waals surface area contributed by atoms with Crippen molar-refractivity contribution < 1.29 is 0 Å². The minimum Gasteiger partial charge on any atom is -0.361 e. The molecule has 0 bridgehead atoms. The van der Waals surface area contributed by atoms with Crippen molar-refractivity contribution in [3.8, 4) is 0 Å². The summed E-state index contributed by atoms with van der Waals surface area (Å²) in [6.07, 6.45) is 2.95. The standard InChI is InChI=1S/C10H12N2/c1-3-8-6-10-9(4-5-11-10)7(2)12-8/h4-6,11H,3H2,1-2H3. The first kappa shape index (κ1) is 7.35. The van der Waals surface area contributed by atoms with Crippen LogP contribution >= 0.6 is 0 Å². The van der Waals surface area contributed by atoms with E-state index in [1.807, 2.05) is 6.20 Å². The Morgan fingerprint density at radius 2 is 2.33 bits per heavy atom. The highest BCUT2D eigenvalue weighted by Crippen LogP contribution is 2.16. The lowest BCUT2D eigenvalue weighted by Gasteiger charge is -1.99. The van der Waals surface area contributed by atoms with Gasteiger partial charge in [0.05, 0.1) is 0 Å². The van der Waals surface area contributed by atoms with Crippen molar-refractivity contribution in [2.45, 2.75) is 20.3 Å². The van der Waals surface area contributed by atoms with Crippen LogP contribution in [0.3, 0.4) is 0 Å². The molecule has 0 unspecified atom stereocenters. The normalized spacial score (nSPS) is 10.8. The van der Waals surface area contributed by atoms with Crippen molar-refractivity contribution in [3.05, 3.63) is 29.7 Å². The van der Waals surface area contributed by atoms with Crippen LogP contribution in [0.1, 0.15) is 18.3 Å². The van der Waals surface area contributed by atoms with Crippen LogP contribution in [0.5, 0.6) is 0 Å². The third-order valence-electron chi connectivity index (χ3n) is 2.15. The number of H-pyrrole nitrogens is 1. The molecule has 62 valence electrons. The molecule has 2 heteroatoms. The Morgan fingerprint density at radius 3 is 3.08 bits per heavy atom. The lowest BCUT2D eigenvalue weighted by molar-refractivity contribution is 1.02. The number of pyridine rings is 1. The van der Waals surface area contributed by atoms with E-state index in [1.165, 1.54) is 10.9 Å². The molecule has 0 amide bonds. The topological polar surface area (TPSA) is 28.7 Å². The molecular formula is C10H12N2. The van der Waals surface area contributed by atoms with E-state index < -0.39 is 0 Å². The highest BCUT2D eigenvalue weighted by molar-refractivity contribution is 5.81. The van der Waals surface area contributed by atoms with Crippen molar-refractivity contribution in [2.24, 2.45) is 0 Å². The van der Waals surface area contributed by atoms with Gasteiger partial charge in [0.2, 0.25) is 0 Å². The molecule has 0 aliphatic carbocycles. The van der Waals surface area contributed by atoms with Gasteiger partial charge in [-0.2, -0.15) is 0 Å². The molecule has 2 aromatic rings. The van der Waals surface area contributed by atoms with Crippen molar-refractivity contribution in [1.29, 1.82) is 0 Å². The fourth-order valence-corrected chi connectivity index (χ4v) is 1.47. The number of aromatic amines is 1. The molecule has 0 saturated heterocycles. The van der Waals surface area contributed by atoms with Crippen LogP contribution in [0.25, 0.3) is 10.9 Å². The second-order valence-electron chi connectivity index (χ2n) is 2.99. The molecular weight excluding hydrogens is 148 g/mol. The van der Waals surface area contributed by atoms with E-state index in [4.69, 9.17) is 0 Å². The maximum absolute atomic E-state index is 4.47. The lowest BCUT2D eigenvalue weighted by Crippen LogP contribution is -1.90. The van der Waals surface area contributed by atoms with Crippen LogP contribution in [0, 0.1) is 6.92 Å². The SMILES string of the molecule is CCc1cc2[nH]ccc2c(C)n1. The van der Waals surface area contributed by atoms with E-state index in [-0.39, 0.29) is 0 Å². The summed E-state index contributed by atoms with van der Waals surface area (Å²) in [6.45, 7) is 4.17. The van der Waals surface area contributed by atoms with E-state index in [1.54, 1.807) is 0 Å². The van der Waals surface area contributed by atoms with Gasteiger partial charge >= 0.3 is 0 Å². The first-order valence-corrected chi connectivity index (χ1v) is 4.25. The van der Waals surface area contributed by atoms with Gasteiger partial charge in [-0.15, -0.1) is 0 Å². The zero-order valence-corrected chi connectivity index (χ0v) is 7.39. The molecule has 2 rings (SSSR count). The minimum atomic E-state index is 0.996. The van der Waals surface area contributed by atoms with Crippen LogP contribution in [-0.2, 0) is 6.42 Å². The summed E-state index contributed by atoms with van der Waals surface area (Å²) in [7, 11) is 0. The van der Waals surface area contributed by atoms with Gasteiger partial charge < -0.3 is 4.98 Å². The summed E-state index contributed by atoms with van der Waals surface area (Å²) < 4.78 is 0. The Bertz CT molecular complexity index is 401. The Kier molecular flexibility index (Phi) is 1.61. The predicted molar refractivity (Wildman–Crippen MR) is 50.2 cm³/mol. The zero-order valence-electron chi connectivity index (χ0n) is 7.39. The summed E-state index contributed by atoms with van der Waals surface area (Å²) in [5.41, 5.74) is 3.47. The molecule has 0 fully saturated rings. The molecule has 12 heavy (non-hydrogen) atoms. The van der Waals surface area contributed by atoms with Crippen LogP contribution in [-0.4, -0.2) is 9.97 Å². The molecule has 0 saturated carbocycles. The number of aryl methyl sites for hydroxylation is 2. The number of hydrogen-bond donors (Lipinski definition) is 1. The summed E-state index contributed by atoms with van der Waals surface area (Å²) in [5, 5.41) is 1.23. The first-order valence-electron chi connectivity index (χ1n) is 4.25. The zero-order chi connectivity index (χ0) is 8.55. The first-order chi connectivity index (χ1) is 5.81. The summed E-state index contributed by atoms with van der Waals surface area (Å²) in [6, 6.07) is 4.18. The fraction of sp³-hybridized carbons (Fsp3) is 0.300. The lowest BCUT2D eigenvalue weighted by atomic mass is 10.2. The number of rotatable bonds is 1. The minimum absolute atomic E-state index is 0.996. The van der Waals surface area contributed by atoms with Crippen LogP contribution in [0.4, 0.5) is 0 Å². The Labute approximate surface area is 71.6 Å². The van der Waals surface area contributed by atoms with Gasteiger partial charge in [-0.05, 0) is 25.5 Å². The van der Waals surface area contributed by atoms with Gasteiger partial charge in [0.1, 0.15) is 0 Å². The van der Waals surface area contributed by atoms with Gasteiger partial charge in [-0.25, -0.2) is 0 Å². The van der Waals surface area contributed by atoms with Crippen LogP contribution in [0.2, 0.25) is 0 Å². The molecule has 2 nitrogen and oxygen atoms in total. The van der Waals surface area contributed by atoms with E-state index in [0.29, 0.717) is 0 Å². The Morgan fingerprint density at radius 1 is 1.50 bits per heavy atom. The molecule has 2 heterocycles. The van der Waals surface area contributed by atoms with Crippen molar-refractivity contribution in [2.75, 3.05) is 0 Å². The number of nitrogens with zero attached hydrogens (tertiary/aromatic N) is 1. The molecule has 0 radical (unpaired) electrons. The van der Waals surface area contributed by atoms with Gasteiger partial charge in [0.25, 0.3) is 0 Å². The van der Waals surface area contributed by atoms with Gasteiger partial charge in [-0.3, -0.25) is 4.98 Å². The molecule has 0 aromatic carbocycles. The number of hydrogen-bond acceptors (Lipinski definition) is 1. The molecule has 0 atom stereocenters. The second kappa shape index (κ2) is 2.63. The number of aromatic nitrogens is 2. The highest BCUT2D eigenvalue weighted by Gasteiger charge is 2.00. The summed E-state index contributed by atoms with van der Waals surface area (Å²) in [4.78, 5) is 7.67. The van der Waals surface area contributed by atoms with Crippen molar-refractivity contribution in [3.63, 3.8) is 0 Å². The van der Waals surface area contributed by atoms with Gasteiger partial charge in [-0.1, -0.05) is 6.92 Å². The quantitative estimate of drug-likeness (QED) is 0.682. The van der Waals surface area contributed by atoms with Crippen LogP contribution in [0.15, 0.2) is 18.3 Å². The maximum Gasteiger partial charge on any atom is 0.0490 e. The predicted octanol–water partition coefficient (Wildman–Crippen LogP) is 2.43. The molecule has 1 N–H and O–H groups in total. The average Bonchev–Trinajstić information content (AvgIpc) is 2.52. The summed E-state index contributed by atoms with van der Waals surface area (Å²) in [5.74, 6) is 0. The molecule has 0 aliphatic rings. The van der Waals surface area contributed by atoms with Gasteiger partial charge in [0.15, 0.2) is 0 Å². The Hall–Kier alpha value is -1.31. The smallest absolute Gasteiger partial charge is 0.0490 e. The monoisotopic (exact) mass is 160 g/mol. The molecule has 0 aliphatic heterocycles. The van der Waals surface area contributed by atoms with E-state index in [0.717, 1.165) is 17.8 Å². The Balaban J connectivity index is 2.75. The largest absolute Gasteiger partial charge is 0.361 e. The van der Waals surface area contributed by atoms with Crippen molar-refractivity contribution >= 4 is 10.9 Å².